The second-order valence-corrected chi connectivity index (χ2v) is 7.18. The van der Waals surface area contributed by atoms with Gasteiger partial charge in [0, 0.05) is 11.8 Å². The third kappa shape index (κ3) is 4.01. The van der Waals surface area contributed by atoms with Crippen LogP contribution in [-0.2, 0) is 20.7 Å². The van der Waals surface area contributed by atoms with Crippen molar-refractivity contribution in [1.82, 2.24) is 0 Å². The number of rotatable bonds is 7. The molecule has 28 heavy (non-hydrogen) atoms. The van der Waals surface area contributed by atoms with Gasteiger partial charge < -0.3 is 9.84 Å². The summed E-state index contributed by atoms with van der Waals surface area (Å²) in [6, 6.07) is 19.2. The van der Waals surface area contributed by atoms with E-state index in [0.717, 1.165) is 11.1 Å². The molecule has 0 saturated carbocycles. The Morgan fingerprint density at radius 1 is 0.929 bits per heavy atom. The number of hydrogen-bond acceptors (Lipinski definition) is 4. The Morgan fingerprint density at radius 3 is 2.11 bits per heavy atom. The van der Waals surface area contributed by atoms with Crippen molar-refractivity contribution in [2.45, 2.75) is 45.1 Å². The number of carbonyl (C=O) groups excluding carboxylic acids is 2. The molecule has 0 fully saturated rings. The molecule has 146 valence electrons. The molecule has 0 aliphatic carbocycles. The van der Waals surface area contributed by atoms with E-state index in [4.69, 9.17) is 4.74 Å². The molecular weight excluding hydrogens is 352 g/mol. The Kier molecular flexibility index (Phi) is 6.30. The maximum Gasteiger partial charge on any atom is 0.339 e. The van der Waals surface area contributed by atoms with Crippen LogP contribution in [0.2, 0.25) is 0 Å². The van der Waals surface area contributed by atoms with Crippen LogP contribution in [0.15, 0.2) is 72.0 Å². The lowest BCUT2D eigenvalue weighted by atomic mass is 9.82. The van der Waals surface area contributed by atoms with Crippen LogP contribution < -0.4 is 0 Å². The molecule has 3 rings (SSSR count). The Labute approximate surface area is 165 Å². The molecule has 2 aromatic carbocycles. The highest BCUT2D eigenvalue weighted by Gasteiger charge is 2.42. The van der Waals surface area contributed by atoms with E-state index >= 15 is 0 Å². The van der Waals surface area contributed by atoms with Crippen LogP contribution in [-0.4, -0.2) is 23.0 Å². The molecule has 0 aromatic heterocycles. The molecule has 4 heteroatoms. The quantitative estimate of drug-likeness (QED) is 0.706. The molecule has 1 aliphatic rings. The fourth-order valence-corrected chi connectivity index (χ4v) is 3.89. The number of benzene rings is 2. The summed E-state index contributed by atoms with van der Waals surface area (Å²) >= 11 is 0. The zero-order chi connectivity index (χ0) is 20.1. The molecule has 0 bridgehead atoms. The van der Waals surface area contributed by atoms with Gasteiger partial charge in [-0.3, -0.25) is 4.79 Å². The average Bonchev–Trinajstić information content (AvgIpc) is 2.73. The summed E-state index contributed by atoms with van der Waals surface area (Å²) in [5, 5.41) is 10.7. The first-order valence-electron chi connectivity index (χ1n) is 9.83. The van der Waals surface area contributed by atoms with Crippen LogP contribution >= 0.6 is 0 Å². The van der Waals surface area contributed by atoms with E-state index in [1.165, 1.54) is 0 Å². The number of ketones is 1. The van der Waals surface area contributed by atoms with Crippen LogP contribution in [0.4, 0.5) is 0 Å². The van der Waals surface area contributed by atoms with E-state index in [9.17, 15) is 14.7 Å². The first kappa shape index (κ1) is 19.9. The molecule has 1 N–H and O–H groups in total. The Bertz CT molecular complexity index is 855. The van der Waals surface area contributed by atoms with E-state index in [0.29, 0.717) is 19.3 Å². The van der Waals surface area contributed by atoms with Crippen LogP contribution in [0, 0.1) is 5.92 Å². The second kappa shape index (κ2) is 8.87. The summed E-state index contributed by atoms with van der Waals surface area (Å²) in [6.45, 7) is 3.88. The van der Waals surface area contributed by atoms with Gasteiger partial charge in [-0.15, -0.1) is 0 Å². The maximum absolute atomic E-state index is 12.9. The predicted octanol–water partition coefficient (Wildman–Crippen LogP) is 4.76. The van der Waals surface area contributed by atoms with E-state index in [2.05, 4.69) is 0 Å². The number of aliphatic hydroxyl groups is 1. The van der Waals surface area contributed by atoms with Crippen LogP contribution in [0.3, 0.4) is 0 Å². The molecule has 3 atom stereocenters. The topological polar surface area (TPSA) is 63.6 Å². The largest absolute Gasteiger partial charge is 0.504 e. The second-order valence-electron chi connectivity index (χ2n) is 7.18. The number of aliphatic hydroxyl groups excluding tert-OH is 1. The van der Waals surface area contributed by atoms with Crippen molar-refractivity contribution >= 4 is 11.8 Å². The summed E-state index contributed by atoms with van der Waals surface area (Å²) in [5.41, 5.74) is 2.03. The van der Waals surface area contributed by atoms with E-state index in [1.54, 1.807) is 0 Å². The van der Waals surface area contributed by atoms with Gasteiger partial charge in [0.05, 0.1) is 5.57 Å². The predicted molar refractivity (Wildman–Crippen MR) is 108 cm³/mol. The molecular formula is C24H26O4. The van der Waals surface area contributed by atoms with E-state index in [-0.39, 0.29) is 17.4 Å². The van der Waals surface area contributed by atoms with Crippen molar-refractivity contribution < 1.29 is 19.4 Å². The normalized spacial score (nSPS) is 19.3. The van der Waals surface area contributed by atoms with Gasteiger partial charge in [-0.1, -0.05) is 74.5 Å². The molecule has 2 aromatic rings. The van der Waals surface area contributed by atoms with E-state index < -0.39 is 23.6 Å². The molecule has 1 aliphatic heterocycles. The number of carbonyl (C=O) groups is 2. The zero-order valence-electron chi connectivity index (χ0n) is 16.3. The van der Waals surface area contributed by atoms with Crippen LogP contribution in [0.25, 0.3) is 0 Å². The molecule has 1 unspecified atom stereocenters. The summed E-state index contributed by atoms with van der Waals surface area (Å²) in [5.74, 6) is -2.08. The first-order valence-corrected chi connectivity index (χ1v) is 9.83. The lowest BCUT2D eigenvalue weighted by Crippen LogP contribution is -2.42. The van der Waals surface area contributed by atoms with Crippen molar-refractivity contribution in [3.8, 4) is 0 Å². The highest BCUT2D eigenvalue weighted by molar-refractivity contribution is 6.09. The average molecular weight is 378 g/mol. The number of cyclic esters (lactones) is 1. The Hall–Kier alpha value is -2.88. The number of ether oxygens (including phenoxy) is 1. The van der Waals surface area contributed by atoms with Crippen molar-refractivity contribution in [2.24, 2.45) is 5.92 Å². The fourth-order valence-electron chi connectivity index (χ4n) is 3.89. The van der Waals surface area contributed by atoms with Crippen LogP contribution in [0.1, 0.15) is 43.7 Å². The number of hydrogen-bond donors (Lipinski definition) is 1. The fraction of sp³-hybridized carbons (Fsp3) is 0.333. The standard InChI is InChI=1S/C24H26O4/c1-3-17(15-16-11-7-5-8-12-16)23-22(26)21(25)20(24(27)28-23)19(4-2)18-13-9-6-10-14-18/h5-14,17,19,23,25H,3-4,15H2,1-2H3/t17-,19+,23?/m1/s1. The zero-order valence-corrected chi connectivity index (χ0v) is 16.3. The van der Waals surface area contributed by atoms with Gasteiger partial charge in [0.2, 0.25) is 5.78 Å². The third-order valence-corrected chi connectivity index (χ3v) is 5.45. The van der Waals surface area contributed by atoms with Gasteiger partial charge in [-0.2, -0.15) is 0 Å². The summed E-state index contributed by atoms with van der Waals surface area (Å²) in [7, 11) is 0. The lowest BCUT2D eigenvalue weighted by molar-refractivity contribution is -0.158. The van der Waals surface area contributed by atoms with Crippen molar-refractivity contribution in [3.63, 3.8) is 0 Å². The summed E-state index contributed by atoms with van der Waals surface area (Å²) < 4.78 is 5.60. The monoisotopic (exact) mass is 378 g/mol. The maximum atomic E-state index is 12.9. The Balaban J connectivity index is 1.90. The minimum Gasteiger partial charge on any atom is -0.504 e. The third-order valence-electron chi connectivity index (χ3n) is 5.45. The van der Waals surface area contributed by atoms with Gasteiger partial charge >= 0.3 is 5.97 Å². The SMILES string of the molecule is CC[C@H](Cc1ccccc1)C1OC(=O)C([C@@H](CC)c2ccccc2)=C(O)C1=O. The number of esters is 1. The highest BCUT2D eigenvalue weighted by Crippen LogP contribution is 2.35. The van der Waals surface area contributed by atoms with Gasteiger partial charge in [0.15, 0.2) is 11.9 Å². The van der Waals surface area contributed by atoms with Gasteiger partial charge in [0.1, 0.15) is 0 Å². The minimum absolute atomic E-state index is 0.0736. The minimum atomic E-state index is -0.949. The molecule has 4 nitrogen and oxygen atoms in total. The van der Waals surface area contributed by atoms with Crippen LogP contribution in [0.5, 0.6) is 0 Å². The first-order chi connectivity index (χ1) is 13.6. The van der Waals surface area contributed by atoms with Crippen molar-refractivity contribution in [2.75, 3.05) is 0 Å². The molecule has 1 heterocycles. The lowest BCUT2D eigenvalue weighted by Gasteiger charge is -2.31. The summed E-state index contributed by atoms with van der Waals surface area (Å²) in [4.78, 5) is 25.8. The summed E-state index contributed by atoms with van der Waals surface area (Å²) in [6.07, 6.45) is 0.906. The Morgan fingerprint density at radius 2 is 1.54 bits per heavy atom. The molecule has 0 radical (unpaired) electrons. The van der Waals surface area contributed by atoms with Crippen molar-refractivity contribution in [3.05, 3.63) is 83.1 Å². The molecule has 0 amide bonds. The smallest absolute Gasteiger partial charge is 0.339 e. The van der Waals surface area contributed by atoms with Gasteiger partial charge in [0.25, 0.3) is 0 Å². The number of Topliss-reactive ketones (excluding diaryl/α,β-unsaturated/α-hetero) is 1. The van der Waals surface area contributed by atoms with Crippen molar-refractivity contribution in [1.29, 1.82) is 0 Å². The van der Waals surface area contributed by atoms with Gasteiger partial charge in [-0.05, 0) is 30.4 Å². The molecule has 0 spiro atoms. The molecule has 0 saturated heterocycles. The van der Waals surface area contributed by atoms with E-state index in [1.807, 2.05) is 74.5 Å². The highest BCUT2D eigenvalue weighted by atomic mass is 16.6. The van der Waals surface area contributed by atoms with Gasteiger partial charge in [-0.25, -0.2) is 4.79 Å².